The predicted molar refractivity (Wildman–Crippen MR) is 77.1 cm³/mol. The zero-order valence-electron chi connectivity index (χ0n) is 10.7. The van der Waals surface area contributed by atoms with Crippen molar-refractivity contribution in [1.82, 2.24) is 9.38 Å². The van der Waals surface area contributed by atoms with E-state index in [9.17, 15) is 0 Å². The van der Waals surface area contributed by atoms with E-state index in [1.165, 1.54) is 0 Å². The van der Waals surface area contributed by atoms with Crippen molar-refractivity contribution < 1.29 is 4.74 Å². The number of aryl methyl sites for hydroxylation is 1. The Balaban J connectivity index is 2.02. The van der Waals surface area contributed by atoms with Gasteiger partial charge in [-0.1, -0.05) is 18.2 Å². The summed E-state index contributed by atoms with van der Waals surface area (Å²) in [4.78, 5) is 5.47. The minimum atomic E-state index is 0.577. The Bertz CT molecular complexity index is 702. The van der Waals surface area contributed by atoms with Crippen molar-refractivity contribution in [2.75, 3.05) is 6.54 Å². The zero-order chi connectivity index (χ0) is 13.2. The molecule has 0 aliphatic rings. The minimum absolute atomic E-state index is 0.577. The zero-order valence-corrected chi connectivity index (χ0v) is 11.5. The molecule has 19 heavy (non-hydrogen) atoms. The predicted octanol–water partition coefficient (Wildman–Crippen LogP) is 3.00. The van der Waals surface area contributed by atoms with Gasteiger partial charge in [-0.15, -0.1) is 11.3 Å². The van der Waals surface area contributed by atoms with Crippen LogP contribution in [-0.2, 0) is 6.42 Å². The highest BCUT2D eigenvalue weighted by molar-refractivity contribution is 7.15. The molecule has 0 aliphatic carbocycles. The first-order valence-electron chi connectivity index (χ1n) is 6.17. The van der Waals surface area contributed by atoms with Gasteiger partial charge in [-0.2, -0.15) is 4.98 Å². The maximum atomic E-state index is 5.96. The molecule has 0 saturated heterocycles. The molecule has 3 rings (SSSR count). The molecule has 0 saturated carbocycles. The molecular formula is C14H15N3OS. The number of hydrogen-bond acceptors (Lipinski definition) is 4. The topological polar surface area (TPSA) is 52.5 Å². The quantitative estimate of drug-likeness (QED) is 0.795. The van der Waals surface area contributed by atoms with E-state index in [1.807, 2.05) is 47.2 Å². The van der Waals surface area contributed by atoms with Gasteiger partial charge in [0.1, 0.15) is 5.75 Å². The van der Waals surface area contributed by atoms with Crippen LogP contribution in [0.4, 0.5) is 0 Å². The van der Waals surface area contributed by atoms with Gasteiger partial charge in [0.25, 0.3) is 0 Å². The Morgan fingerprint density at radius 1 is 1.37 bits per heavy atom. The van der Waals surface area contributed by atoms with Crippen LogP contribution in [0, 0.1) is 6.92 Å². The van der Waals surface area contributed by atoms with Crippen molar-refractivity contribution in [3.63, 3.8) is 0 Å². The number of aromatic nitrogens is 2. The largest absolute Gasteiger partial charge is 0.437 e. The molecule has 0 radical (unpaired) electrons. The van der Waals surface area contributed by atoms with Crippen LogP contribution in [0.3, 0.4) is 0 Å². The average molecular weight is 273 g/mol. The fraction of sp³-hybridized carbons (Fsp3) is 0.214. The van der Waals surface area contributed by atoms with Crippen molar-refractivity contribution >= 4 is 16.3 Å². The normalized spacial score (nSPS) is 11.1. The lowest BCUT2D eigenvalue weighted by Crippen LogP contribution is -2.05. The third-order valence-electron chi connectivity index (χ3n) is 3.01. The molecule has 0 aliphatic heterocycles. The average Bonchev–Trinajstić information content (AvgIpc) is 2.96. The number of ether oxygens (including phenoxy) is 1. The first-order chi connectivity index (χ1) is 9.29. The molecule has 0 amide bonds. The van der Waals surface area contributed by atoms with E-state index in [4.69, 9.17) is 10.5 Å². The van der Waals surface area contributed by atoms with Crippen molar-refractivity contribution in [2.24, 2.45) is 5.73 Å². The fourth-order valence-electron chi connectivity index (χ4n) is 2.03. The molecule has 98 valence electrons. The lowest BCUT2D eigenvalue weighted by Gasteiger charge is -2.07. The van der Waals surface area contributed by atoms with E-state index in [2.05, 4.69) is 4.98 Å². The van der Waals surface area contributed by atoms with Crippen LogP contribution in [0.2, 0.25) is 0 Å². The molecule has 2 aromatic heterocycles. The second kappa shape index (κ2) is 5.03. The van der Waals surface area contributed by atoms with Crippen LogP contribution in [0.1, 0.15) is 11.3 Å². The van der Waals surface area contributed by atoms with Crippen molar-refractivity contribution in [3.8, 4) is 11.6 Å². The summed E-state index contributed by atoms with van der Waals surface area (Å²) in [5, 5.41) is 2.01. The van der Waals surface area contributed by atoms with E-state index < -0.39 is 0 Å². The van der Waals surface area contributed by atoms with Crippen molar-refractivity contribution in [2.45, 2.75) is 13.3 Å². The van der Waals surface area contributed by atoms with Crippen LogP contribution in [0.25, 0.3) is 4.96 Å². The van der Waals surface area contributed by atoms with Crippen LogP contribution < -0.4 is 10.5 Å². The van der Waals surface area contributed by atoms with Gasteiger partial charge in [0, 0.05) is 18.0 Å². The Hall–Kier alpha value is -1.85. The third kappa shape index (κ3) is 2.22. The molecule has 1 aromatic carbocycles. The van der Waals surface area contributed by atoms with E-state index >= 15 is 0 Å². The number of benzene rings is 1. The minimum Gasteiger partial charge on any atom is -0.437 e. The highest BCUT2D eigenvalue weighted by Crippen LogP contribution is 2.29. The standard InChI is InChI=1S/C14H15N3OS/c1-10-4-2-3-5-12(10)18-13-11(6-7-15)17-8-9-19-14(17)16-13/h2-5,8-9H,6-7,15H2,1H3. The molecule has 5 heteroatoms. The maximum Gasteiger partial charge on any atom is 0.242 e. The first kappa shape index (κ1) is 12.2. The van der Waals surface area contributed by atoms with Gasteiger partial charge in [0.2, 0.25) is 5.88 Å². The van der Waals surface area contributed by atoms with Gasteiger partial charge in [0.15, 0.2) is 4.96 Å². The molecule has 2 N–H and O–H groups in total. The summed E-state index contributed by atoms with van der Waals surface area (Å²) in [5.74, 6) is 1.50. The number of para-hydroxylation sites is 1. The second-order valence-electron chi connectivity index (χ2n) is 4.33. The first-order valence-corrected chi connectivity index (χ1v) is 7.05. The molecule has 0 atom stereocenters. The molecule has 0 fully saturated rings. The van der Waals surface area contributed by atoms with Gasteiger partial charge in [-0.3, -0.25) is 4.40 Å². The van der Waals surface area contributed by atoms with Crippen LogP contribution in [0.5, 0.6) is 11.6 Å². The van der Waals surface area contributed by atoms with Crippen LogP contribution in [-0.4, -0.2) is 15.9 Å². The molecule has 0 unspecified atom stereocenters. The number of imidazole rings is 1. The van der Waals surface area contributed by atoms with Gasteiger partial charge < -0.3 is 10.5 Å². The van der Waals surface area contributed by atoms with Gasteiger partial charge in [-0.05, 0) is 25.1 Å². The SMILES string of the molecule is Cc1ccccc1Oc1nc2sccn2c1CCN. The fourth-order valence-corrected chi connectivity index (χ4v) is 2.76. The number of nitrogens with two attached hydrogens (primary N) is 1. The van der Waals surface area contributed by atoms with E-state index in [-0.39, 0.29) is 0 Å². The summed E-state index contributed by atoms with van der Waals surface area (Å²) in [5.41, 5.74) is 7.80. The Labute approximate surface area is 115 Å². The molecule has 0 bridgehead atoms. The summed E-state index contributed by atoms with van der Waals surface area (Å²) in [6.07, 6.45) is 2.75. The van der Waals surface area contributed by atoms with Crippen LogP contribution in [0.15, 0.2) is 35.8 Å². The summed E-state index contributed by atoms with van der Waals surface area (Å²) in [7, 11) is 0. The molecule has 2 heterocycles. The highest BCUT2D eigenvalue weighted by atomic mass is 32.1. The summed E-state index contributed by atoms with van der Waals surface area (Å²) in [6, 6.07) is 7.93. The number of rotatable bonds is 4. The van der Waals surface area contributed by atoms with E-state index in [0.717, 1.165) is 28.4 Å². The lowest BCUT2D eigenvalue weighted by atomic mass is 10.2. The summed E-state index contributed by atoms with van der Waals surface area (Å²) >= 11 is 1.59. The summed E-state index contributed by atoms with van der Waals surface area (Å²) in [6.45, 7) is 2.60. The molecule has 3 aromatic rings. The second-order valence-corrected chi connectivity index (χ2v) is 5.20. The molecule has 0 spiro atoms. The van der Waals surface area contributed by atoms with Crippen molar-refractivity contribution in [1.29, 1.82) is 0 Å². The van der Waals surface area contributed by atoms with E-state index in [0.29, 0.717) is 12.4 Å². The Morgan fingerprint density at radius 2 is 2.21 bits per heavy atom. The van der Waals surface area contributed by atoms with Crippen LogP contribution >= 0.6 is 11.3 Å². The highest BCUT2D eigenvalue weighted by Gasteiger charge is 2.15. The number of thiazole rings is 1. The summed E-state index contributed by atoms with van der Waals surface area (Å²) < 4.78 is 8.00. The smallest absolute Gasteiger partial charge is 0.242 e. The number of nitrogens with zero attached hydrogens (tertiary/aromatic N) is 2. The molecular weight excluding hydrogens is 258 g/mol. The van der Waals surface area contributed by atoms with Gasteiger partial charge >= 0.3 is 0 Å². The number of fused-ring (bicyclic) bond motifs is 1. The maximum absolute atomic E-state index is 5.96. The Kier molecular flexibility index (Phi) is 3.23. The lowest BCUT2D eigenvalue weighted by molar-refractivity contribution is 0.456. The van der Waals surface area contributed by atoms with Crippen molar-refractivity contribution in [3.05, 3.63) is 47.1 Å². The monoisotopic (exact) mass is 273 g/mol. The van der Waals surface area contributed by atoms with Gasteiger partial charge in [0.05, 0.1) is 5.69 Å². The third-order valence-corrected chi connectivity index (χ3v) is 3.76. The van der Waals surface area contributed by atoms with E-state index in [1.54, 1.807) is 11.3 Å². The number of hydrogen-bond donors (Lipinski definition) is 1. The van der Waals surface area contributed by atoms with Gasteiger partial charge in [-0.25, -0.2) is 0 Å². The Morgan fingerprint density at radius 3 is 3.00 bits per heavy atom. The molecule has 4 nitrogen and oxygen atoms in total.